The standard InChI is InChI=1S/C13H22N2OS/c1-2-17-13-5-3-11(4-6-13)7-8-15-10-12(16)9-14/h3-6,12,15-16H,2,7-10,14H2,1H3. The van der Waals surface area contributed by atoms with Crippen LogP contribution < -0.4 is 11.1 Å². The predicted molar refractivity (Wildman–Crippen MR) is 74.5 cm³/mol. The number of thioether (sulfide) groups is 1. The molecule has 1 aromatic rings. The number of hydrogen-bond acceptors (Lipinski definition) is 4. The third-order valence-corrected chi connectivity index (χ3v) is 3.37. The van der Waals surface area contributed by atoms with Gasteiger partial charge in [-0.25, -0.2) is 0 Å². The fourth-order valence-electron chi connectivity index (χ4n) is 1.50. The number of rotatable bonds is 8. The lowest BCUT2D eigenvalue weighted by Gasteiger charge is -2.09. The van der Waals surface area contributed by atoms with Crippen molar-refractivity contribution >= 4 is 11.8 Å². The fourth-order valence-corrected chi connectivity index (χ4v) is 2.17. The van der Waals surface area contributed by atoms with E-state index in [9.17, 15) is 5.11 Å². The quantitative estimate of drug-likeness (QED) is 0.483. The average molecular weight is 254 g/mol. The molecule has 0 bridgehead atoms. The molecule has 17 heavy (non-hydrogen) atoms. The maximum Gasteiger partial charge on any atom is 0.0786 e. The van der Waals surface area contributed by atoms with E-state index in [-0.39, 0.29) is 0 Å². The molecule has 0 aliphatic carbocycles. The number of aliphatic hydroxyl groups excluding tert-OH is 1. The number of aliphatic hydroxyl groups is 1. The van der Waals surface area contributed by atoms with E-state index in [2.05, 4.69) is 36.5 Å². The Morgan fingerprint density at radius 2 is 2.06 bits per heavy atom. The summed E-state index contributed by atoms with van der Waals surface area (Å²) in [5, 5.41) is 12.4. The van der Waals surface area contributed by atoms with Crippen molar-refractivity contribution in [1.29, 1.82) is 0 Å². The van der Waals surface area contributed by atoms with Crippen LogP contribution in [0.1, 0.15) is 12.5 Å². The smallest absolute Gasteiger partial charge is 0.0786 e. The molecule has 0 aliphatic heterocycles. The van der Waals surface area contributed by atoms with Crippen LogP contribution in [-0.4, -0.2) is 36.6 Å². The van der Waals surface area contributed by atoms with Crippen LogP contribution >= 0.6 is 11.8 Å². The molecule has 0 saturated carbocycles. The van der Waals surface area contributed by atoms with Crippen LogP contribution in [0.5, 0.6) is 0 Å². The molecule has 0 amide bonds. The van der Waals surface area contributed by atoms with E-state index < -0.39 is 6.10 Å². The zero-order chi connectivity index (χ0) is 12.5. The van der Waals surface area contributed by atoms with Crippen LogP contribution in [-0.2, 0) is 6.42 Å². The van der Waals surface area contributed by atoms with Gasteiger partial charge < -0.3 is 16.2 Å². The first-order chi connectivity index (χ1) is 8.26. The zero-order valence-electron chi connectivity index (χ0n) is 10.4. The zero-order valence-corrected chi connectivity index (χ0v) is 11.2. The highest BCUT2D eigenvalue weighted by molar-refractivity contribution is 7.99. The molecule has 0 aliphatic rings. The van der Waals surface area contributed by atoms with Crippen molar-refractivity contribution in [3.63, 3.8) is 0 Å². The first-order valence-electron chi connectivity index (χ1n) is 6.06. The number of hydrogen-bond donors (Lipinski definition) is 3. The Kier molecular flexibility index (Phi) is 7.28. The monoisotopic (exact) mass is 254 g/mol. The summed E-state index contributed by atoms with van der Waals surface area (Å²) < 4.78 is 0. The maximum absolute atomic E-state index is 9.26. The van der Waals surface area contributed by atoms with E-state index >= 15 is 0 Å². The normalized spacial score (nSPS) is 12.6. The molecule has 0 heterocycles. The second-order valence-electron chi connectivity index (χ2n) is 3.92. The number of nitrogens with two attached hydrogens (primary N) is 1. The van der Waals surface area contributed by atoms with Crippen molar-refractivity contribution in [3.8, 4) is 0 Å². The minimum absolute atomic E-state index is 0.315. The van der Waals surface area contributed by atoms with Crippen LogP contribution in [0.2, 0.25) is 0 Å². The number of nitrogens with one attached hydrogen (secondary N) is 1. The minimum Gasteiger partial charge on any atom is -0.390 e. The summed E-state index contributed by atoms with van der Waals surface area (Å²) in [6.45, 7) is 3.92. The van der Waals surface area contributed by atoms with Gasteiger partial charge in [-0.1, -0.05) is 19.1 Å². The van der Waals surface area contributed by atoms with E-state index in [1.54, 1.807) is 0 Å². The van der Waals surface area contributed by atoms with Crippen LogP contribution in [0, 0.1) is 0 Å². The Balaban J connectivity index is 2.23. The van der Waals surface area contributed by atoms with Crippen molar-refractivity contribution in [2.75, 3.05) is 25.4 Å². The van der Waals surface area contributed by atoms with E-state index in [0.29, 0.717) is 13.1 Å². The Bertz CT molecular complexity index is 303. The second-order valence-corrected chi connectivity index (χ2v) is 5.26. The van der Waals surface area contributed by atoms with E-state index in [4.69, 9.17) is 5.73 Å². The molecule has 4 N–H and O–H groups in total. The molecule has 1 rings (SSSR count). The SMILES string of the molecule is CCSc1ccc(CCNCC(O)CN)cc1. The summed E-state index contributed by atoms with van der Waals surface area (Å²) in [6.07, 6.45) is 0.548. The second kappa shape index (κ2) is 8.53. The van der Waals surface area contributed by atoms with E-state index in [1.165, 1.54) is 10.5 Å². The molecule has 0 aromatic heterocycles. The van der Waals surface area contributed by atoms with Gasteiger partial charge in [0.1, 0.15) is 0 Å². The highest BCUT2D eigenvalue weighted by Gasteiger charge is 1.99. The summed E-state index contributed by atoms with van der Waals surface area (Å²) in [4.78, 5) is 1.32. The van der Waals surface area contributed by atoms with Crippen molar-refractivity contribution < 1.29 is 5.11 Å². The van der Waals surface area contributed by atoms with Gasteiger partial charge in [-0.3, -0.25) is 0 Å². The van der Waals surface area contributed by atoms with Gasteiger partial charge in [0.25, 0.3) is 0 Å². The van der Waals surface area contributed by atoms with Gasteiger partial charge in [0.2, 0.25) is 0 Å². The van der Waals surface area contributed by atoms with Gasteiger partial charge >= 0.3 is 0 Å². The van der Waals surface area contributed by atoms with Crippen LogP contribution in [0.3, 0.4) is 0 Å². The largest absolute Gasteiger partial charge is 0.390 e. The van der Waals surface area contributed by atoms with Crippen LogP contribution in [0.4, 0.5) is 0 Å². The highest BCUT2D eigenvalue weighted by atomic mass is 32.2. The van der Waals surface area contributed by atoms with Gasteiger partial charge in [0, 0.05) is 18.0 Å². The van der Waals surface area contributed by atoms with Crippen molar-refractivity contribution in [2.45, 2.75) is 24.3 Å². The summed E-state index contributed by atoms with van der Waals surface area (Å²) >= 11 is 1.86. The molecular weight excluding hydrogens is 232 g/mol. The summed E-state index contributed by atoms with van der Waals surface area (Å²) in [6, 6.07) is 8.66. The molecule has 0 saturated heterocycles. The predicted octanol–water partition coefficient (Wildman–Crippen LogP) is 1.25. The Hall–Kier alpha value is -0.550. The molecule has 0 radical (unpaired) electrons. The molecule has 1 unspecified atom stereocenters. The van der Waals surface area contributed by atoms with Crippen LogP contribution in [0.15, 0.2) is 29.2 Å². The molecule has 1 atom stereocenters. The highest BCUT2D eigenvalue weighted by Crippen LogP contribution is 2.17. The first kappa shape index (κ1) is 14.5. The van der Waals surface area contributed by atoms with E-state index in [1.807, 2.05) is 11.8 Å². The molecule has 0 fully saturated rings. The van der Waals surface area contributed by atoms with Crippen molar-refractivity contribution in [3.05, 3.63) is 29.8 Å². The minimum atomic E-state index is -0.432. The van der Waals surface area contributed by atoms with Gasteiger partial charge in [-0.2, -0.15) is 0 Å². The Labute approximate surface area is 108 Å². The molecule has 96 valence electrons. The number of benzene rings is 1. The topological polar surface area (TPSA) is 58.3 Å². The molecular formula is C13H22N2OS. The lowest BCUT2D eigenvalue weighted by Crippen LogP contribution is -2.33. The maximum atomic E-state index is 9.26. The van der Waals surface area contributed by atoms with Gasteiger partial charge in [-0.05, 0) is 36.4 Å². The van der Waals surface area contributed by atoms with Crippen molar-refractivity contribution in [2.24, 2.45) is 5.73 Å². The molecule has 3 nitrogen and oxygen atoms in total. The summed E-state index contributed by atoms with van der Waals surface area (Å²) in [5.41, 5.74) is 6.64. The lowest BCUT2D eigenvalue weighted by atomic mass is 10.1. The first-order valence-corrected chi connectivity index (χ1v) is 7.05. The van der Waals surface area contributed by atoms with Gasteiger partial charge in [0.15, 0.2) is 0 Å². The Morgan fingerprint density at radius 3 is 2.65 bits per heavy atom. The molecule has 1 aromatic carbocycles. The third-order valence-electron chi connectivity index (χ3n) is 2.48. The third kappa shape index (κ3) is 6.07. The fraction of sp³-hybridized carbons (Fsp3) is 0.538. The molecule has 4 heteroatoms. The molecule has 0 spiro atoms. The average Bonchev–Trinajstić information content (AvgIpc) is 2.36. The van der Waals surface area contributed by atoms with E-state index in [0.717, 1.165) is 18.7 Å². The summed E-state index contributed by atoms with van der Waals surface area (Å²) in [5.74, 6) is 1.11. The van der Waals surface area contributed by atoms with Crippen molar-refractivity contribution in [1.82, 2.24) is 5.32 Å². The lowest BCUT2D eigenvalue weighted by molar-refractivity contribution is 0.180. The van der Waals surface area contributed by atoms with Crippen LogP contribution in [0.25, 0.3) is 0 Å². The Morgan fingerprint density at radius 1 is 1.35 bits per heavy atom. The summed E-state index contributed by atoms with van der Waals surface area (Å²) in [7, 11) is 0. The van der Waals surface area contributed by atoms with Gasteiger partial charge in [0.05, 0.1) is 6.10 Å². The van der Waals surface area contributed by atoms with Gasteiger partial charge in [-0.15, -0.1) is 11.8 Å².